The Morgan fingerprint density at radius 1 is 0.667 bits per heavy atom. The summed E-state index contributed by atoms with van der Waals surface area (Å²) in [6.45, 7) is 2.27. The molecule has 0 unspecified atom stereocenters. The lowest BCUT2D eigenvalue weighted by atomic mass is 10.0. The first-order valence-electron chi connectivity index (χ1n) is 15.4. The monoisotopic (exact) mass is 546 g/mol. The van der Waals surface area contributed by atoms with Gasteiger partial charge in [0.15, 0.2) is 11.5 Å². The smallest absolute Gasteiger partial charge is 0.338 e. The molecule has 0 radical (unpaired) electrons. The van der Waals surface area contributed by atoms with Gasteiger partial charge in [-0.05, 0) is 30.2 Å². The summed E-state index contributed by atoms with van der Waals surface area (Å²) in [4.78, 5) is 23.9. The lowest BCUT2D eigenvalue weighted by molar-refractivity contribution is -0.156. The van der Waals surface area contributed by atoms with Crippen LogP contribution in [0.5, 0.6) is 17.2 Å². The zero-order chi connectivity index (χ0) is 28.6. The third-order valence-electron chi connectivity index (χ3n) is 7.11. The molecular weight excluding hydrogens is 492 g/mol. The fourth-order valence-corrected chi connectivity index (χ4v) is 4.72. The Labute approximate surface area is 237 Å². The largest absolute Gasteiger partial charge is 0.502 e. The first-order chi connectivity index (χ1) is 19.0. The standard InChI is InChI=1S/C33H54O6/c1-4-5-6-7-8-9-10-11-12-13-14-15-16-17-18-19-20-21-22-23-31(34)39-32(35)25-24-28-26-29(37-2)33(36)30(27-28)38-3/h24-27,36H,4-23H2,1-3H3/b25-24+. The minimum absolute atomic E-state index is 0.116. The van der Waals surface area contributed by atoms with E-state index in [1.54, 1.807) is 12.1 Å². The molecule has 1 aromatic carbocycles. The Morgan fingerprint density at radius 3 is 1.44 bits per heavy atom. The topological polar surface area (TPSA) is 82.1 Å². The third kappa shape index (κ3) is 17.7. The lowest BCUT2D eigenvalue weighted by Gasteiger charge is -2.09. The van der Waals surface area contributed by atoms with Crippen molar-refractivity contribution >= 4 is 18.0 Å². The highest BCUT2D eigenvalue weighted by Gasteiger charge is 2.11. The summed E-state index contributed by atoms with van der Waals surface area (Å²) in [7, 11) is 2.85. The Hall–Kier alpha value is -2.50. The maximum atomic E-state index is 12.0. The van der Waals surface area contributed by atoms with Crippen molar-refractivity contribution in [2.24, 2.45) is 0 Å². The fraction of sp³-hybridized carbons (Fsp3) is 0.697. The van der Waals surface area contributed by atoms with Crippen molar-refractivity contribution in [2.45, 2.75) is 135 Å². The van der Waals surface area contributed by atoms with Gasteiger partial charge in [0, 0.05) is 12.5 Å². The van der Waals surface area contributed by atoms with Gasteiger partial charge in [0.2, 0.25) is 5.75 Å². The van der Waals surface area contributed by atoms with Gasteiger partial charge >= 0.3 is 11.9 Å². The van der Waals surface area contributed by atoms with Crippen LogP contribution in [0.15, 0.2) is 18.2 Å². The summed E-state index contributed by atoms with van der Waals surface area (Å²) in [6, 6.07) is 3.12. The van der Waals surface area contributed by atoms with E-state index in [-0.39, 0.29) is 23.7 Å². The van der Waals surface area contributed by atoms with E-state index in [1.165, 1.54) is 129 Å². The molecule has 39 heavy (non-hydrogen) atoms. The molecule has 0 atom stereocenters. The van der Waals surface area contributed by atoms with Crippen molar-refractivity contribution in [3.05, 3.63) is 23.8 Å². The number of methoxy groups -OCH3 is 2. The molecule has 0 spiro atoms. The number of phenols is 1. The van der Waals surface area contributed by atoms with Crippen molar-refractivity contribution in [3.63, 3.8) is 0 Å². The lowest BCUT2D eigenvalue weighted by Crippen LogP contribution is -2.09. The van der Waals surface area contributed by atoms with Gasteiger partial charge in [0.05, 0.1) is 14.2 Å². The van der Waals surface area contributed by atoms with Crippen molar-refractivity contribution < 1.29 is 28.9 Å². The molecule has 0 fully saturated rings. The predicted octanol–water partition coefficient (Wildman–Crippen LogP) is 9.31. The normalized spacial score (nSPS) is 11.2. The highest BCUT2D eigenvalue weighted by molar-refractivity contribution is 5.94. The number of ether oxygens (including phenoxy) is 3. The fourth-order valence-electron chi connectivity index (χ4n) is 4.72. The van der Waals surface area contributed by atoms with E-state index in [1.807, 2.05) is 0 Å². The summed E-state index contributed by atoms with van der Waals surface area (Å²) >= 11 is 0. The Balaban J connectivity index is 1.97. The van der Waals surface area contributed by atoms with Crippen LogP contribution in [-0.4, -0.2) is 31.3 Å². The van der Waals surface area contributed by atoms with Gasteiger partial charge in [-0.1, -0.05) is 122 Å². The number of carbonyl (C=O) groups excluding carboxylic acids is 2. The van der Waals surface area contributed by atoms with Crippen molar-refractivity contribution in [1.82, 2.24) is 0 Å². The first-order valence-corrected chi connectivity index (χ1v) is 15.4. The van der Waals surface area contributed by atoms with E-state index in [0.29, 0.717) is 5.56 Å². The first kappa shape index (κ1) is 34.5. The number of rotatable bonds is 24. The average Bonchev–Trinajstić information content (AvgIpc) is 2.93. The minimum Gasteiger partial charge on any atom is -0.502 e. The maximum absolute atomic E-state index is 12.0. The minimum atomic E-state index is -0.719. The van der Waals surface area contributed by atoms with Crippen LogP contribution in [0.3, 0.4) is 0 Å². The second kappa shape index (κ2) is 23.4. The molecule has 0 aliphatic carbocycles. The van der Waals surface area contributed by atoms with Gasteiger partial charge in [-0.2, -0.15) is 0 Å². The number of carbonyl (C=O) groups is 2. The van der Waals surface area contributed by atoms with Gasteiger partial charge in [-0.15, -0.1) is 0 Å². The number of hydrogen-bond donors (Lipinski definition) is 1. The predicted molar refractivity (Wildman–Crippen MR) is 159 cm³/mol. The molecule has 1 N–H and O–H groups in total. The van der Waals surface area contributed by atoms with E-state index < -0.39 is 11.9 Å². The van der Waals surface area contributed by atoms with Gasteiger partial charge in [-0.25, -0.2) is 4.79 Å². The number of unbranched alkanes of at least 4 members (excludes halogenated alkanes) is 18. The van der Waals surface area contributed by atoms with Crippen LogP contribution in [-0.2, 0) is 14.3 Å². The number of esters is 2. The molecule has 1 rings (SSSR count). The molecule has 0 aliphatic heterocycles. The molecule has 0 aromatic heterocycles. The zero-order valence-corrected chi connectivity index (χ0v) is 24.9. The van der Waals surface area contributed by atoms with E-state index >= 15 is 0 Å². The molecule has 1 aromatic rings. The molecule has 6 heteroatoms. The van der Waals surface area contributed by atoms with Crippen LogP contribution < -0.4 is 9.47 Å². The van der Waals surface area contributed by atoms with Crippen LogP contribution in [0.4, 0.5) is 0 Å². The number of benzene rings is 1. The number of phenolic OH excluding ortho intramolecular Hbond substituents is 1. The zero-order valence-electron chi connectivity index (χ0n) is 24.9. The second-order valence-corrected chi connectivity index (χ2v) is 10.5. The van der Waals surface area contributed by atoms with E-state index in [2.05, 4.69) is 6.92 Å². The molecule has 0 saturated heterocycles. The van der Waals surface area contributed by atoms with Crippen molar-refractivity contribution in [2.75, 3.05) is 14.2 Å². The van der Waals surface area contributed by atoms with Crippen LogP contribution in [0.2, 0.25) is 0 Å². The molecular formula is C33H54O6. The molecule has 0 saturated carbocycles. The van der Waals surface area contributed by atoms with Gasteiger partial charge in [-0.3, -0.25) is 4.79 Å². The maximum Gasteiger partial charge on any atom is 0.338 e. The molecule has 6 nitrogen and oxygen atoms in total. The van der Waals surface area contributed by atoms with E-state index in [0.717, 1.165) is 19.3 Å². The highest BCUT2D eigenvalue weighted by atomic mass is 16.6. The number of hydrogen-bond acceptors (Lipinski definition) is 6. The van der Waals surface area contributed by atoms with Crippen LogP contribution in [0.1, 0.15) is 141 Å². The van der Waals surface area contributed by atoms with Gasteiger partial charge in [0.1, 0.15) is 0 Å². The van der Waals surface area contributed by atoms with Gasteiger partial charge < -0.3 is 19.3 Å². The SMILES string of the molecule is CCCCCCCCCCCCCCCCCCCCCC(=O)OC(=O)/C=C/c1cc(OC)c(O)c(OC)c1. The summed E-state index contributed by atoms with van der Waals surface area (Å²) in [5.41, 5.74) is 0.574. The third-order valence-corrected chi connectivity index (χ3v) is 7.11. The molecule has 222 valence electrons. The molecule has 0 heterocycles. The summed E-state index contributed by atoms with van der Waals surface area (Å²) in [6.07, 6.45) is 27.7. The Bertz CT molecular complexity index is 791. The van der Waals surface area contributed by atoms with Crippen LogP contribution in [0, 0.1) is 0 Å². The highest BCUT2D eigenvalue weighted by Crippen LogP contribution is 2.37. The van der Waals surface area contributed by atoms with Crippen molar-refractivity contribution in [3.8, 4) is 17.2 Å². The van der Waals surface area contributed by atoms with E-state index in [4.69, 9.17) is 14.2 Å². The summed E-state index contributed by atoms with van der Waals surface area (Å²) < 4.78 is 15.1. The summed E-state index contributed by atoms with van der Waals surface area (Å²) in [5, 5.41) is 9.95. The average molecular weight is 547 g/mol. The molecule has 0 aliphatic rings. The van der Waals surface area contributed by atoms with Gasteiger partial charge in [0.25, 0.3) is 0 Å². The number of aromatic hydroxyl groups is 1. The van der Waals surface area contributed by atoms with E-state index in [9.17, 15) is 14.7 Å². The van der Waals surface area contributed by atoms with Crippen molar-refractivity contribution in [1.29, 1.82) is 0 Å². The molecule has 0 amide bonds. The van der Waals surface area contributed by atoms with Crippen LogP contribution in [0.25, 0.3) is 6.08 Å². The Kier molecular flexibility index (Phi) is 20.7. The summed E-state index contributed by atoms with van der Waals surface area (Å²) in [5.74, 6) is -0.888. The van der Waals surface area contributed by atoms with Crippen LogP contribution >= 0.6 is 0 Å². The quantitative estimate of drug-likeness (QED) is 0.0602. The second-order valence-electron chi connectivity index (χ2n) is 10.5. The Morgan fingerprint density at radius 2 is 1.05 bits per heavy atom. The molecule has 0 bridgehead atoms.